The monoisotopic (exact) mass is 397 g/mol. The summed E-state index contributed by atoms with van der Waals surface area (Å²) in [5, 5.41) is 2.96. The molecule has 2 aromatic carbocycles. The standard InChI is InChI=1S/C22H24FN3OS/c1-27-21-9-3-2-8-20(21)26-11-5-10-25(12-13-26)15-19-16-28-22(24-19)17-6-4-7-18(23)14-17/h2-4,6-9,14,16H,5,10-13,15H2,1H3. The van der Waals surface area contributed by atoms with E-state index in [4.69, 9.17) is 9.72 Å². The van der Waals surface area contributed by atoms with Gasteiger partial charge in [0.15, 0.2) is 0 Å². The smallest absolute Gasteiger partial charge is 0.142 e. The summed E-state index contributed by atoms with van der Waals surface area (Å²) < 4.78 is 19.0. The van der Waals surface area contributed by atoms with Crippen LogP contribution in [0.25, 0.3) is 10.6 Å². The summed E-state index contributed by atoms with van der Waals surface area (Å²) in [5.41, 5.74) is 3.05. The molecular weight excluding hydrogens is 373 g/mol. The second kappa shape index (κ2) is 8.71. The van der Waals surface area contributed by atoms with Crippen LogP contribution >= 0.6 is 11.3 Å². The van der Waals surface area contributed by atoms with E-state index in [9.17, 15) is 4.39 Å². The zero-order valence-corrected chi connectivity index (χ0v) is 16.8. The molecule has 1 aromatic heterocycles. The number of rotatable bonds is 5. The van der Waals surface area contributed by atoms with Crippen LogP contribution in [0.1, 0.15) is 12.1 Å². The normalized spacial score (nSPS) is 15.4. The molecule has 0 amide bonds. The van der Waals surface area contributed by atoms with Crippen LogP contribution in [-0.4, -0.2) is 43.2 Å². The first-order valence-electron chi connectivity index (χ1n) is 9.53. The van der Waals surface area contributed by atoms with Crippen molar-refractivity contribution in [3.8, 4) is 16.3 Å². The van der Waals surface area contributed by atoms with Gasteiger partial charge in [-0.2, -0.15) is 0 Å². The molecule has 28 heavy (non-hydrogen) atoms. The van der Waals surface area contributed by atoms with Gasteiger partial charge >= 0.3 is 0 Å². The number of nitrogens with zero attached hydrogens (tertiary/aromatic N) is 3. The van der Waals surface area contributed by atoms with E-state index in [1.807, 2.05) is 18.2 Å². The highest BCUT2D eigenvalue weighted by Gasteiger charge is 2.18. The summed E-state index contributed by atoms with van der Waals surface area (Å²) in [6, 6.07) is 14.8. The highest BCUT2D eigenvalue weighted by atomic mass is 32.1. The molecule has 4 nitrogen and oxygen atoms in total. The minimum atomic E-state index is -0.224. The third-order valence-corrected chi connectivity index (χ3v) is 5.96. The van der Waals surface area contributed by atoms with Gasteiger partial charge in [0.05, 0.1) is 18.5 Å². The van der Waals surface area contributed by atoms with Gasteiger partial charge in [-0.15, -0.1) is 11.3 Å². The van der Waals surface area contributed by atoms with Gasteiger partial charge in [-0.05, 0) is 30.7 Å². The lowest BCUT2D eigenvalue weighted by Crippen LogP contribution is -2.30. The van der Waals surface area contributed by atoms with Crippen LogP contribution in [0.3, 0.4) is 0 Å². The highest BCUT2D eigenvalue weighted by Crippen LogP contribution is 2.29. The molecule has 1 aliphatic heterocycles. The molecule has 146 valence electrons. The second-order valence-electron chi connectivity index (χ2n) is 6.94. The lowest BCUT2D eigenvalue weighted by atomic mass is 10.2. The van der Waals surface area contributed by atoms with Crippen molar-refractivity contribution in [3.63, 3.8) is 0 Å². The lowest BCUT2D eigenvalue weighted by molar-refractivity contribution is 0.282. The van der Waals surface area contributed by atoms with E-state index in [0.29, 0.717) is 0 Å². The van der Waals surface area contributed by atoms with E-state index in [1.54, 1.807) is 30.6 Å². The first-order chi connectivity index (χ1) is 13.7. The molecule has 0 bridgehead atoms. The fourth-order valence-corrected chi connectivity index (χ4v) is 4.43. The molecule has 0 N–H and O–H groups in total. The number of hydrogen-bond donors (Lipinski definition) is 0. The molecular formula is C22H24FN3OS. The highest BCUT2D eigenvalue weighted by molar-refractivity contribution is 7.13. The Balaban J connectivity index is 1.40. The first kappa shape index (κ1) is 18.9. The number of para-hydroxylation sites is 2. The van der Waals surface area contributed by atoms with Crippen LogP contribution in [0.15, 0.2) is 53.9 Å². The van der Waals surface area contributed by atoms with E-state index in [-0.39, 0.29) is 5.82 Å². The molecule has 6 heteroatoms. The Morgan fingerprint density at radius 2 is 1.96 bits per heavy atom. The second-order valence-corrected chi connectivity index (χ2v) is 7.80. The molecule has 1 fully saturated rings. The van der Waals surface area contributed by atoms with Crippen LogP contribution in [-0.2, 0) is 6.54 Å². The number of methoxy groups -OCH3 is 1. The number of hydrogen-bond acceptors (Lipinski definition) is 5. The van der Waals surface area contributed by atoms with Gasteiger partial charge < -0.3 is 9.64 Å². The average molecular weight is 398 g/mol. The molecule has 0 atom stereocenters. The summed E-state index contributed by atoms with van der Waals surface area (Å²) in [5.74, 6) is 0.702. The van der Waals surface area contributed by atoms with Crippen molar-refractivity contribution in [2.75, 3.05) is 38.2 Å². The lowest BCUT2D eigenvalue weighted by Gasteiger charge is -2.25. The summed E-state index contributed by atoms with van der Waals surface area (Å²) >= 11 is 1.58. The molecule has 0 unspecified atom stereocenters. The molecule has 2 heterocycles. The van der Waals surface area contributed by atoms with Gasteiger partial charge in [-0.3, -0.25) is 4.90 Å². The topological polar surface area (TPSA) is 28.6 Å². The fourth-order valence-electron chi connectivity index (χ4n) is 3.62. The largest absolute Gasteiger partial charge is 0.495 e. The number of benzene rings is 2. The molecule has 0 radical (unpaired) electrons. The molecule has 0 aliphatic carbocycles. The van der Waals surface area contributed by atoms with Crippen molar-refractivity contribution >= 4 is 17.0 Å². The summed E-state index contributed by atoms with van der Waals surface area (Å²) in [6.45, 7) is 4.82. The Hall–Kier alpha value is -2.44. The number of ether oxygens (including phenoxy) is 1. The molecule has 1 saturated heterocycles. The Labute approximate surface area is 169 Å². The molecule has 0 spiro atoms. The van der Waals surface area contributed by atoms with Crippen molar-refractivity contribution in [1.29, 1.82) is 0 Å². The minimum Gasteiger partial charge on any atom is -0.495 e. The van der Waals surface area contributed by atoms with Crippen molar-refractivity contribution in [1.82, 2.24) is 9.88 Å². The van der Waals surface area contributed by atoms with Crippen LogP contribution in [0.4, 0.5) is 10.1 Å². The van der Waals surface area contributed by atoms with E-state index in [0.717, 1.165) is 66.8 Å². The SMILES string of the molecule is COc1ccccc1N1CCCN(Cc2csc(-c3cccc(F)c3)n2)CC1. The molecule has 4 rings (SSSR count). The Morgan fingerprint density at radius 1 is 1.07 bits per heavy atom. The average Bonchev–Trinajstić information content (AvgIpc) is 3.06. The maximum absolute atomic E-state index is 13.5. The van der Waals surface area contributed by atoms with Gasteiger partial charge in [-0.1, -0.05) is 24.3 Å². The van der Waals surface area contributed by atoms with Crippen molar-refractivity contribution in [2.45, 2.75) is 13.0 Å². The third-order valence-electron chi connectivity index (χ3n) is 5.02. The zero-order valence-electron chi connectivity index (χ0n) is 16.0. The van der Waals surface area contributed by atoms with E-state index < -0.39 is 0 Å². The Bertz CT molecular complexity index is 929. The van der Waals surface area contributed by atoms with Gasteiger partial charge in [-0.25, -0.2) is 9.37 Å². The maximum atomic E-state index is 13.5. The van der Waals surface area contributed by atoms with E-state index >= 15 is 0 Å². The van der Waals surface area contributed by atoms with Crippen molar-refractivity contribution in [2.24, 2.45) is 0 Å². The maximum Gasteiger partial charge on any atom is 0.142 e. The quantitative estimate of drug-likeness (QED) is 0.626. The van der Waals surface area contributed by atoms with Crippen molar-refractivity contribution in [3.05, 3.63) is 65.4 Å². The molecule has 3 aromatic rings. The summed E-state index contributed by atoms with van der Waals surface area (Å²) in [6.07, 6.45) is 1.10. The van der Waals surface area contributed by atoms with Crippen molar-refractivity contribution < 1.29 is 9.13 Å². The fraction of sp³-hybridized carbons (Fsp3) is 0.318. The van der Waals surface area contributed by atoms with Crippen LogP contribution in [0, 0.1) is 5.82 Å². The number of aromatic nitrogens is 1. The van der Waals surface area contributed by atoms with Gasteiger partial charge in [0.1, 0.15) is 16.6 Å². The van der Waals surface area contributed by atoms with Crippen LogP contribution in [0.2, 0.25) is 0 Å². The zero-order chi connectivity index (χ0) is 19.3. The third kappa shape index (κ3) is 4.34. The Morgan fingerprint density at radius 3 is 2.82 bits per heavy atom. The van der Waals surface area contributed by atoms with Crippen LogP contribution in [0.5, 0.6) is 5.75 Å². The van der Waals surface area contributed by atoms with Gasteiger partial charge in [0.2, 0.25) is 0 Å². The van der Waals surface area contributed by atoms with E-state index in [2.05, 4.69) is 27.3 Å². The Kier molecular flexibility index (Phi) is 5.88. The minimum absolute atomic E-state index is 0.224. The predicted octanol–water partition coefficient (Wildman–Crippen LogP) is 4.67. The predicted molar refractivity (Wildman–Crippen MR) is 113 cm³/mol. The molecule has 0 saturated carbocycles. The van der Waals surface area contributed by atoms with Gasteiger partial charge in [0.25, 0.3) is 0 Å². The summed E-state index contributed by atoms with van der Waals surface area (Å²) in [7, 11) is 1.72. The van der Waals surface area contributed by atoms with Crippen LogP contribution < -0.4 is 9.64 Å². The van der Waals surface area contributed by atoms with E-state index in [1.165, 1.54) is 6.07 Å². The molecule has 1 aliphatic rings. The first-order valence-corrected chi connectivity index (χ1v) is 10.4. The number of thiazole rings is 1. The number of halogens is 1. The van der Waals surface area contributed by atoms with Gasteiger partial charge in [0, 0.05) is 43.7 Å². The number of anilines is 1. The summed E-state index contributed by atoms with van der Waals surface area (Å²) in [4.78, 5) is 9.57.